The van der Waals surface area contributed by atoms with Gasteiger partial charge in [-0.2, -0.15) is 0 Å². The first-order chi connectivity index (χ1) is 9.02. The van der Waals surface area contributed by atoms with Crippen LogP contribution in [0.3, 0.4) is 0 Å². The van der Waals surface area contributed by atoms with Gasteiger partial charge >= 0.3 is 0 Å². The van der Waals surface area contributed by atoms with E-state index in [1.54, 1.807) is 0 Å². The van der Waals surface area contributed by atoms with Crippen molar-refractivity contribution in [2.24, 2.45) is 5.92 Å². The van der Waals surface area contributed by atoms with Crippen LogP contribution in [0.1, 0.15) is 49.9 Å². The van der Waals surface area contributed by atoms with Gasteiger partial charge in [-0.05, 0) is 31.4 Å². The van der Waals surface area contributed by atoms with E-state index in [1.165, 1.54) is 9.75 Å². The maximum absolute atomic E-state index is 11.6. The van der Waals surface area contributed by atoms with Crippen molar-refractivity contribution in [3.8, 4) is 0 Å². The molecule has 1 unspecified atom stereocenters. The zero-order valence-corrected chi connectivity index (χ0v) is 13.3. The summed E-state index contributed by atoms with van der Waals surface area (Å²) in [5.41, 5.74) is 0. The summed E-state index contributed by atoms with van der Waals surface area (Å²) in [6, 6.07) is 4.69. The van der Waals surface area contributed by atoms with E-state index in [-0.39, 0.29) is 5.91 Å². The van der Waals surface area contributed by atoms with Crippen LogP contribution < -0.4 is 10.6 Å². The van der Waals surface area contributed by atoms with Gasteiger partial charge in [-0.1, -0.05) is 20.8 Å². The molecule has 1 heterocycles. The highest BCUT2D eigenvalue weighted by Gasteiger charge is 2.08. The van der Waals surface area contributed by atoms with Gasteiger partial charge in [-0.3, -0.25) is 4.79 Å². The van der Waals surface area contributed by atoms with Crippen molar-refractivity contribution < 1.29 is 4.79 Å². The Morgan fingerprint density at radius 2 is 2.05 bits per heavy atom. The molecule has 2 N–H and O–H groups in total. The summed E-state index contributed by atoms with van der Waals surface area (Å²) in [7, 11) is 0. The molecule has 0 aliphatic heterocycles. The molecule has 4 heteroatoms. The molecule has 0 saturated carbocycles. The summed E-state index contributed by atoms with van der Waals surface area (Å²) in [5.74, 6) is 0.642. The Morgan fingerprint density at radius 3 is 2.63 bits per heavy atom. The van der Waals surface area contributed by atoms with Gasteiger partial charge in [0.2, 0.25) is 5.91 Å². The van der Waals surface area contributed by atoms with Crippen LogP contribution in [0.4, 0.5) is 0 Å². The van der Waals surface area contributed by atoms with Crippen LogP contribution in [0.15, 0.2) is 12.1 Å². The minimum atomic E-state index is 0.133. The third kappa shape index (κ3) is 6.21. The van der Waals surface area contributed by atoms with Crippen molar-refractivity contribution in [1.29, 1.82) is 0 Å². The molecule has 0 aliphatic carbocycles. The first kappa shape index (κ1) is 16.2. The summed E-state index contributed by atoms with van der Waals surface area (Å²) >= 11 is 1.85. The van der Waals surface area contributed by atoms with E-state index in [9.17, 15) is 4.79 Å². The van der Waals surface area contributed by atoms with Gasteiger partial charge in [0.05, 0.1) is 0 Å². The van der Waals surface area contributed by atoms with Gasteiger partial charge in [0.1, 0.15) is 0 Å². The lowest BCUT2D eigenvalue weighted by atomic mass is 10.2. The normalized spacial score (nSPS) is 12.7. The third-order valence-electron chi connectivity index (χ3n) is 2.97. The number of carbonyl (C=O) groups is 1. The molecule has 19 heavy (non-hydrogen) atoms. The molecule has 0 radical (unpaired) electrons. The predicted octanol–water partition coefficient (Wildman–Crippen LogP) is 3.12. The van der Waals surface area contributed by atoms with E-state index in [4.69, 9.17) is 0 Å². The minimum Gasteiger partial charge on any atom is -0.356 e. The van der Waals surface area contributed by atoms with Crippen LogP contribution in [0.5, 0.6) is 0 Å². The largest absolute Gasteiger partial charge is 0.356 e. The average molecular weight is 282 g/mol. The van der Waals surface area contributed by atoms with E-state index in [0.717, 1.165) is 19.5 Å². The minimum absolute atomic E-state index is 0.133. The zero-order valence-electron chi connectivity index (χ0n) is 12.5. The zero-order chi connectivity index (χ0) is 14.3. The van der Waals surface area contributed by atoms with Gasteiger partial charge in [0, 0.05) is 35.3 Å². The van der Waals surface area contributed by atoms with Gasteiger partial charge < -0.3 is 10.6 Å². The van der Waals surface area contributed by atoms with E-state index in [1.807, 2.05) is 11.3 Å². The smallest absolute Gasteiger partial charge is 0.221 e. The Morgan fingerprint density at radius 1 is 1.32 bits per heavy atom. The lowest BCUT2D eigenvalue weighted by Gasteiger charge is -2.12. The summed E-state index contributed by atoms with van der Waals surface area (Å²) in [4.78, 5) is 14.3. The Bertz CT molecular complexity index is 387. The number of carbonyl (C=O) groups excluding carboxylic acids is 1. The van der Waals surface area contributed by atoms with Crippen LogP contribution in [0.2, 0.25) is 0 Å². The molecular formula is C15H26N2OS. The standard InChI is InChI=1S/C15H26N2OS/c1-5-13-6-7-14(19-13)12(4)16-9-8-15(18)17-10-11(2)3/h6-7,11-12,16H,5,8-10H2,1-4H3,(H,17,18). The lowest BCUT2D eigenvalue weighted by molar-refractivity contribution is -0.121. The second kappa shape index (κ2) is 8.33. The van der Waals surface area contributed by atoms with Crippen LogP contribution in [0.25, 0.3) is 0 Å². The highest BCUT2D eigenvalue weighted by Crippen LogP contribution is 2.23. The van der Waals surface area contributed by atoms with Crippen molar-refractivity contribution in [3.05, 3.63) is 21.9 Å². The molecule has 0 bridgehead atoms. The highest BCUT2D eigenvalue weighted by molar-refractivity contribution is 7.12. The molecule has 0 fully saturated rings. The SMILES string of the molecule is CCc1ccc(C(C)NCCC(=O)NCC(C)C)s1. The number of thiophene rings is 1. The van der Waals surface area contributed by atoms with Crippen LogP contribution >= 0.6 is 11.3 Å². The first-order valence-corrected chi connectivity index (χ1v) is 7.93. The maximum Gasteiger partial charge on any atom is 0.221 e. The molecule has 1 aromatic heterocycles. The van der Waals surface area contributed by atoms with Crippen molar-refractivity contribution >= 4 is 17.2 Å². The van der Waals surface area contributed by atoms with Crippen LogP contribution in [-0.2, 0) is 11.2 Å². The van der Waals surface area contributed by atoms with Crippen molar-refractivity contribution in [1.82, 2.24) is 10.6 Å². The van der Waals surface area contributed by atoms with Gasteiger partial charge in [0.25, 0.3) is 0 Å². The molecule has 1 amide bonds. The van der Waals surface area contributed by atoms with Crippen molar-refractivity contribution in [3.63, 3.8) is 0 Å². The van der Waals surface area contributed by atoms with E-state index in [0.29, 0.717) is 18.4 Å². The summed E-state index contributed by atoms with van der Waals surface area (Å²) in [5, 5.41) is 6.34. The molecule has 3 nitrogen and oxygen atoms in total. The monoisotopic (exact) mass is 282 g/mol. The molecule has 1 atom stereocenters. The molecule has 0 spiro atoms. The van der Waals surface area contributed by atoms with Crippen LogP contribution in [-0.4, -0.2) is 19.0 Å². The highest BCUT2D eigenvalue weighted by atomic mass is 32.1. The number of amides is 1. The van der Waals surface area contributed by atoms with E-state index in [2.05, 4.69) is 50.5 Å². The second-order valence-corrected chi connectivity index (χ2v) is 6.48. The van der Waals surface area contributed by atoms with E-state index < -0.39 is 0 Å². The first-order valence-electron chi connectivity index (χ1n) is 7.11. The fourth-order valence-electron chi connectivity index (χ4n) is 1.73. The predicted molar refractivity (Wildman–Crippen MR) is 82.6 cm³/mol. The number of hydrogen-bond donors (Lipinski definition) is 2. The molecule has 0 saturated heterocycles. The fourth-order valence-corrected chi connectivity index (χ4v) is 2.71. The quantitative estimate of drug-likeness (QED) is 0.769. The Hall–Kier alpha value is -0.870. The second-order valence-electron chi connectivity index (χ2n) is 5.28. The summed E-state index contributed by atoms with van der Waals surface area (Å²) in [6.07, 6.45) is 1.64. The lowest BCUT2D eigenvalue weighted by Crippen LogP contribution is -2.30. The molecule has 0 aromatic carbocycles. The third-order valence-corrected chi connectivity index (χ3v) is 4.38. The maximum atomic E-state index is 11.6. The average Bonchev–Trinajstić information content (AvgIpc) is 2.85. The molecule has 1 rings (SSSR count). The van der Waals surface area contributed by atoms with Gasteiger partial charge in [-0.25, -0.2) is 0 Å². The van der Waals surface area contributed by atoms with Crippen LogP contribution in [0, 0.1) is 5.92 Å². The topological polar surface area (TPSA) is 41.1 Å². The number of nitrogens with one attached hydrogen (secondary N) is 2. The molecule has 108 valence electrons. The summed E-state index contributed by atoms with van der Waals surface area (Å²) in [6.45, 7) is 10.0. The molecule has 1 aromatic rings. The Balaban J connectivity index is 2.23. The Labute approximate surface area is 120 Å². The summed E-state index contributed by atoms with van der Waals surface area (Å²) < 4.78 is 0. The number of hydrogen-bond acceptors (Lipinski definition) is 3. The Kier molecular flexibility index (Phi) is 7.10. The van der Waals surface area contributed by atoms with Gasteiger partial charge in [0.15, 0.2) is 0 Å². The number of rotatable bonds is 8. The van der Waals surface area contributed by atoms with Gasteiger partial charge in [-0.15, -0.1) is 11.3 Å². The fraction of sp³-hybridized carbons (Fsp3) is 0.667. The molecular weight excluding hydrogens is 256 g/mol. The van der Waals surface area contributed by atoms with E-state index >= 15 is 0 Å². The number of aryl methyl sites for hydroxylation is 1. The van der Waals surface area contributed by atoms with Crippen molar-refractivity contribution in [2.75, 3.05) is 13.1 Å². The molecule has 0 aliphatic rings. The van der Waals surface area contributed by atoms with Crippen molar-refractivity contribution in [2.45, 2.75) is 46.6 Å².